The maximum absolute atomic E-state index is 13.4. The summed E-state index contributed by atoms with van der Waals surface area (Å²) >= 11 is 0. The maximum Gasteiger partial charge on any atom is 0.457 e. The van der Waals surface area contributed by atoms with E-state index in [2.05, 4.69) is 9.26 Å². The van der Waals surface area contributed by atoms with Gasteiger partial charge in [-0.1, -0.05) is 6.92 Å². The number of halogens is 5. The highest BCUT2D eigenvalue weighted by molar-refractivity contribution is 7.51. The summed E-state index contributed by atoms with van der Waals surface area (Å²) in [5.41, 5.74) is 0. The summed E-state index contributed by atoms with van der Waals surface area (Å²) in [6, 6.07) is -1.45. The van der Waals surface area contributed by atoms with E-state index < -0.39 is 54.6 Å². The number of rotatable bonds is 7. The predicted molar refractivity (Wildman–Crippen MR) is 70.5 cm³/mol. The Hall–Kier alpha value is -1.71. The van der Waals surface area contributed by atoms with Gasteiger partial charge in [-0.3, -0.25) is 4.79 Å². The van der Waals surface area contributed by atoms with E-state index in [1.54, 1.807) is 12.0 Å². The van der Waals surface area contributed by atoms with Crippen molar-refractivity contribution in [3.05, 3.63) is 29.1 Å². The molecule has 0 saturated heterocycles. The topological polar surface area (TPSA) is 84.9 Å². The zero-order valence-electron chi connectivity index (χ0n) is 12.4. The van der Waals surface area contributed by atoms with Crippen molar-refractivity contribution in [1.82, 2.24) is 5.09 Å². The lowest BCUT2D eigenvalue weighted by molar-refractivity contribution is -0.145. The molecule has 136 valence electrons. The molecule has 2 atom stereocenters. The van der Waals surface area contributed by atoms with Gasteiger partial charge >= 0.3 is 13.7 Å². The van der Waals surface area contributed by atoms with Crippen LogP contribution in [-0.2, 0) is 14.1 Å². The number of benzene rings is 1. The van der Waals surface area contributed by atoms with Gasteiger partial charge in [-0.05, 0) is 13.3 Å². The van der Waals surface area contributed by atoms with Gasteiger partial charge in [-0.2, -0.15) is 13.9 Å². The van der Waals surface area contributed by atoms with Crippen LogP contribution < -0.4 is 9.61 Å². The zero-order valence-corrected chi connectivity index (χ0v) is 13.3. The van der Waals surface area contributed by atoms with Crippen LogP contribution in [0.3, 0.4) is 0 Å². The molecule has 6 nitrogen and oxygen atoms in total. The molecule has 24 heavy (non-hydrogen) atoms. The summed E-state index contributed by atoms with van der Waals surface area (Å²) in [4.78, 5) is 20.9. The van der Waals surface area contributed by atoms with E-state index >= 15 is 0 Å². The van der Waals surface area contributed by atoms with E-state index in [0.717, 1.165) is 6.92 Å². The first-order chi connectivity index (χ1) is 11.0. The van der Waals surface area contributed by atoms with Crippen LogP contribution in [0.15, 0.2) is 0 Å². The van der Waals surface area contributed by atoms with E-state index in [9.17, 15) is 36.2 Å². The summed E-state index contributed by atoms with van der Waals surface area (Å²) in [5.74, 6) is -14.9. The third-order valence-corrected chi connectivity index (χ3v) is 3.69. The molecule has 1 unspecified atom stereocenters. The monoisotopic (exact) mass is 377 g/mol. The summed E-state index contributed by atoms with van der Waals surface area (Å²) in [7, 11) is -5.15. The molecule has 0 aliphatic rings. The first-order valence-corrected chi connectivity index (χ1v) is 8.07. The second-order valence-corrected chi connectivity index (χ2v) is 6.01. The lowest BCUT2D eigenvalue weighted by Gasteiger charge is -2.19. The van der Waals surface area contributed by atoms with Gasteiger partial charge in [-0.25, -0.2) is 17.7 Å². The Morgan fingerprint density at radius 3 is 2.04 bits per heavy atom. The summed E-state index contributed by atoms with van der Waals surface area (Å²) < 4.78 is 86.0. The van der Waals surface area contributed by atoms with Crippen molar-refractivity contribution >= 4 is 13.7 Å². The molecule has 0 radical (unpaired) electrons. The number of esters is 1. The van der Waals surface area contributed by atoms with Crippen molar-refractivity contribution in [2.45, 2.75) is 26.3 Å². The van der Waals surface area contributed by atoms with E-state index in [0.29, 0.717) is 6.42 Å². The molecular formula is C12H13F5NO5P. The van der Waals surface area contributed by atoms with Gasteiger partial charge in [-0.15, -0.1) is 0 Å². The van der Waals surface area contributed by atoms with Crippen molar-refractivity contribution in [3.63, 3.8) is 0 Å². The smallest absolute Gasteiger partial charge is 0.457 e. The summed E-state index contributed by atoms with van der Waals surface area (Å²) in [6.45, 7) is 2.77. The van der Waals surface area contributed by atoms with Crippen LogP contribution in [0.4, 0.5) is 22.0 Å². The van der Waals surface area contributed by atoms with Crippen LogP contribution >= 0.6 is 7.75 Å². The lowest BCUT2D eigenvalue weighted by atomic mass is 10.3. The molecule has 0 aliphatic heterocycles. The van der Waals surface area contributed by atoms with Gasteiger partial charge in [0, 0.05) is 0 Å². The minimum Gasteiger partial charge on any atom is -0.465 e. The third-order valence-electron chi connectivity index (χ3n) is 2.54. The van der Waals surface area contributed by atoms with Crippen molar-refractivity contribution in [2.24, 2.45) is 0 Å². The van der Waals surface area contributed by atoms with Crippen LogP contribution in [0.1, 0.15) is 20.3 Å². The van der Waals surface area contributed by atoms with Gasteiger partial charge in [0.1, 0.15) is 6.04 Å². The molecule has 2 N–H and O–H groups in total. The quantitative estimate of drug-likeness (QED) is 0.250. The highest BCUT2D eigenvalue weighted by Crippen LogP contribution is 2.42. The Bertz CT molecular complexity index is 657. The number of carbonyl (C=O) groups excluding carboxylic acids is 1. The van der Waals surface area contributed by atoms with Crippen LogP contribution in [0.2, 0.25) is 0 Å². The van der Waals surface area contributed by atoms with Gasteiger partial charge in [0.05, 0.1) is 6.61 Å². The van der Waals surface area contributed by atoms with Crippen LogP contribution in [0, 0.1) is 29.1 Å². The molecule has 1 aromatic carbocycles. The fraction of sp³-hybridized carbons (Fsp3) is 0.417. The first-order valence-electron chi connectivity index (χ1n) is 6.50. The molecule has 0 heterocycles. The number of hydrogen-bond donors (Lipinski definition) is 2. The molecule has 1 rings (SSSR count). The van der Waals surface area contributed by atoms with E-state index in [1.165, 1.54) is 0 Å². The molecule has 0 spiro atoms. The van der Waals surface area contributed by atoms with Crippen LogP contribution in [-0.4, -0.2) is 23.5 Å². The Labute approximate surface area is 133 Å². The molecule has 1 aromatic rings. The summed E-state index contributed by atoms with van der Waals surface area (Å²) in [6.07, 6.45) is 0.469. The van der Waals surface area contributed by atoms with Crippen molar-refractivity contribution in [2.75, 3.05) is 6.61 Å². The molecule has 0 bridgehead atoms. The minimum absolute atomic E-state index is 0.0130. The Balaban J connectivity index is 3.00. The largest absolute Gasteiger partial charge is 0.465 e. The second-order valence-electron chi connectivity index (χ2n) is 4.53. The predicted octanol–water partition coefficient (Wildman–Crippen LogP) is 2.79. The highest BCUT2D eigenvalue weighted by Gasteiger charge is 2.34. The van der Waals surface area contributed by atoms with Gasteiger partial charge in [0.25, 0.3) is 0 Å². The van der Waals surface area contributed by atoms with Gasteiger partial charge in [0.2, 0.25) is 34.8 Å². The number of nitrogens with one attached hydrogen (secondary N) is 1. The first kappa shape index (κ1) is 20.3. The van der Waals surface area contributed by atoms with Crippen molar-refractivity contribution in [1.29, 1.82) is 0 Å². The van der Waals surface area contributed by atoms with E-state index in [-0.39, 0.29) is 6.61 Å². The van der Waals surface area contributed by atoms with E-state index in [4.69, 9.17) is 0 Å². The zero-order chi connectivity index (χ0) is 18.7. The lowest BCUT2D eigenvalue weighted by Crippen LogP contribution is -2.34. The fourth-order valence-electron chi connectivity index (χ4n) is 1.44. The standard InChI is InChI=1S/C12H13F5NO5P/c1-3-4-22-12(19)5(2)18-24(20,21)23-11-9(16)7(14)6(13)8(15)10(11)17/h5H,3-4H2,1-2H3,(H2,18,20,21)/t5-/m0/s1. The number of hydrogen-bond acceptors (Lipinski definition) is 4. The van der Waals surface area contributed by atoms with Crippen LogP contribution in [0.25, 0.3) is 0 Å². The second kappa shape index (κ2) is 7.91. The number of carbonyl (C=O) groups is 1. The van der Waals surface area contributed by atoms with Crippen molar-refractivity contribution in [3.8, 4) is 5.75 Å². The minimum atomic E-state index is -5.15. The Morgan fingerprint density at radius 1 is 1.12 bits per heavy atom. The molecule has 0 aliphatic carbocycles. The molecule has 0 fully saturated rings. The fourth-order valence-corrected chi connectivity index (χ4v) is 2.50. The SMILES string of the molecule is CCCOC(=O)[C@H](C)NP(=O)(O)Oc1c(F)c(F)c(F)c(F)c1F. The molecule has 0 amide bonds. The molecular weight excluding hydrogens is 364 g/mol. The molecule has 12 heteroatoms. The highest BCUT2D eigenvalue weighted by atomic mass is 31.2. The van der Waals surface area contributed by atoms with Gasteiger partial charge < -0.3 is 14.2 Å². The Morgan fingerprint density at radius 2 is 1.58 bits per heavy atom. The average molecular weight is 377 g/mol. The van der Waals surface area contributed by atoms with Crippen LogP contribution in [0.5, 0.6) is 5.75 Å². The molecule has 0 saturated carbocycles. The average Bonchev–Trinajstić information content (AvgIpc) is 2.52. The van der Waals surface area contributed by atoms with Crippen molar-refractivity contribution < 1.29 is 45.5 Å². The normalized spacial score (nSPS) is 14.8. The molecule has 0 aromatic heterocycles. The van der Waals surface area contributed by atoms with Gasteiger partial charge in [0.15, 0.2) is 0 Å². The Kier molecular flexibility index (Phi) is 6.70. The van der Waals surface area contributed by atoms with E-state index in [1.807, 2.05) is 0 Å². The number of ether oxygens (including phenoxy) is 1. The summed E-state index contributed by atoms with van der Waals surface area (Å²) in [5, 5.41) is 1.66. The third kappa shape index (κ3) is 4.65. The maximum atomic E-state index is 13.4.